The normalized spacial score (nSPS) is 10.9. The number of anilines is 1. The minimum atomic E-state index is -0.186. The molecule has 0 saturated carbocycles. The van der Waals surface area contributed by atoms with Crippen LogP contribution in [0.25, 0.3) is 17.1 Å². The number of carbonyl (C=O) groups excluding carboxylic acids is 1. The molecule has 0 aliphatic heterocycles. The first-order valence-corrected chi connectivity index (χ1v) is 10.3. The molecule has 0 bridgehead atoms. The van der Waals surface area contributed by atoms with E-state index in [1.165, 1.54) is 0 Å². The monoisotopic (exact) mass is 404 g/mol. The van der Waals surface area contributed by atoms with Crippen molar-refractivity contribution in [2.24, 2.45) is 0 Å². The highest BCUT2D eigenvalue weighted by Crippen LogP contribution is 2.25. The summed E-state index contributed by atoms with van der Waals surface area (Å²) < 4.78 is 7.64. The summed E-state index contributed by atoms with van der Waals surface area (Å²) in [5.41, 5.74) is 3.81. The standard InChI is InChI=1S/C22H20N4O2S/c1-14-15(2)28-21(24-14)17-7-4-8-18(12-17)25-20(27)16-6-5-9-19(13-16)26-11-10-23-22(26)29-3/h4-13H,1-3H3,(H,25,27). The third-order valence-corrected chi connectivity index (χ3v) is 5.24. The van der Waals surface area contributed by atoms with Gasteiger partial charge >= 0.3 is 0 Å². The Bertz CT molecular complexity index is 1160. The van der Waals surface area contributed by atoms with E-state index in [1.54, 1.807) is 24.0 Å². The number of oxazole rings is 1. The van der Waals surface area contributed by atoms with E-state index in [1.807, 2.05) is 73.3 Å². The molecule has 29 heavy (non-hydrogen) atoms. The molecule has 0 fully saturated rings. The molecule has 0 aliphatic rings. The molecule has 2 aromatic carbocycles. The van der Waals surface area contributed by atoms with Crippen molar-refractivity contribution in [2.45, 2.75) is 19.0 Å². The number of hydrogen-bond acceptors (Lipinski definition) is 5. The van der Waals surface area contributed by atoms with E-state index >= 15 is 0 Å². The molecule has 1 N–H and O–H groups in total. The maximum absolute atomic E-state index is 12.8. The van der Waals surface area contributed by atoms with Crippen LogP contribution in [0.3, 0.4) is 0 Å². The largest absolute Gasteiger partial charge is 0.441 e. The quantitative estimate of drug-likeness (QED) is 0.468. The maximum atomic E-state index is 12.8. The number of thioether (sulfide) groups is 1. The predicted octanol–water partition coefficient (Wildman–Crippen LogP) is 5.12. The fraction of sp³-hybridized carbons (Fsp3) is 0.136. The lowest BCUT2D eigenvalue weighted by Gasteiger charge is -2.10. The van der Waals surface area contributed by atoms with Gasteiger partial charge in [-0.2, -0.15) is 0 Å². The lowest BCUT2D eigenvalue weighted by atomic mass is 10.1. The van der Waals surface area contributed by atoms with Gasteiger partial charge in [-0.1, -0.05) is 23.9 Å². The minimum absolute atomic E-state index is 0.186. The average Bonchev–Trinajstić information content (AvgIpc) is 3.35. The smallest absolute Gasteiger partial charge is 0.255 e. The predicted molar refractivity (Wildman–Crippen MR) is 115 cm³/mol. The summed E-state index contributed by atoms with van der Waals surface area (Å²) in [6, 6.07) is 14.9. The van der Waals surface area contributed by atoms with Gasteiger partial charge in [0, 0.05) is 34.9 Å². The fourth-order valence-electron chi connectivity index (χ4n) is 2.96. The van der Waals surface area contributed by atoms with Crippen LogP contribution in [0.2, 0.25) is 0 Å². The van der Waals surface area contributed by atoms with Crippen LogP contribution < -0.4 is 5.32 Å². The molecule has 4 rings (SSSR count). The number of nitrogens with zero attached hydrogens (tertiary/aromatic N) is 3. The first kappa shape index (κ1) is 19.0. The van der Waals surface area contributed by atoms with Gasteiger partial charge in [-0.25, -0.2) is 9.97 Å². The summed E-state index contributed by atoms with van der Waals surface area (Å²) in [6.07, 6.45) is 5.60. The van der Waals surface area contributed by atoms with Crippen molar-refractivity contribution < 1.29 is 9.21 Å². The Morgan fingerprint density at radius 3 is 2.72 bits per heavy atom. The van der Waals surface area contributed by atoms with Crippen LogP contribution in [0.5, 0.6) is 0 Å². The van der Waals surface area contributed by atoms with Gasteiger partial charge in [-0.15, -0.1) is 0 Å². The van der Waals surface area contributed by atoms with Crippen molar-refractivity contribution >= 4 is 23.4 Å². The van der Waals surface area contributed by atoms with E-state index in [-0.39, 0.29) is 5.91 Å². The summed E-state index contributed by atoms with van der Waals surface area (Å²) in [5, 5.41) is 3.82. The Morgan fingerprint density at radius 2 is 1.97 bits per heavy atom. The Morgan fingerprint density at radius 1 is 1.14 bits per heavy atom. The molecular formula is C22H20N4O2S. The Balaban J connectivity index is 1.57. The molecule has 7 heteroatoms. The second-order valence-corrected chi connectivity index (χ2v) is 7.30. The van der Waals surface area contributed by atoms with E-state index in [0.717, 1.165) is 27.9 Å². The first-order valence-electron chi connectivity index (χ1n) is 9.09. The molecule has 6 nitrogen and oxygen atoms in total. The molecule has 0 unspecified atom stereocenters. The van der Waals surface area contributed by atoms with Crippen molar-refractivity contribution in [3.05, 3.63) is 77.9 Å². The van der Waals surface area contributed by atoms with Gasteiger partial charge in [0.1, 0.15) is 5.76 Å². The van der Waals surface area contributed by atoms with Crippen molar-refractivity contribution in [3.8, 4) is 17.1 Å². The summed E-state index contributed by atoms with van der Waals surface area (Å²) in [5.74, 6) is 1.15. The van der Waals surface area contributed by atoms with E-state index in [4.69, 9.17) is 4.42 Å². The molecule has 0 atom stereocenters. The van der Waals surface area contributed by atoms with Crippen LogP contribution in [-0.4, -0.2) is 26.7 Å². The number of carbonyl (C=O) groups is 1. The lowest BCUT2D eigenvalue weighted by molar-refractivity contribution is 0.102. The van der Waals surface area contributed by atoms with Crippen LogP contribution >= 0.6 is 11.8 Å². The SMILES string of the molecule is CSc1nccn1-c1cccc(C(=O)Nc2cccc(-c3nc(C)c(C)o3)c2)c1. The number of nitrogens with one attached hydrogen (secondary N) is 1. The molecule has 0 saturated heterocycles. The molecule has 0 spiro atoms. The minimum Gasteiger partial charge on any atom is -0.441 e. The Hall–Kier alpha value is -3.32. The van der Waals surface area contributed by atoms with Gasteiger partial charge in [0.2, 0.25) is 5.89 Å². The molecule has 2 aromatic heterocycles. The average molecular weight is 404 g/mol. The van der Waals surface area contributed by atoms with Gasteiger partial charge < -0.3 is 9.73 Å². The summed E-state index contributed by atoms with van der Waals surface area (Å²) in [7, 11) is 0. The summed E-state index contributed by atoms with van der Waals surface area (Å²) in [4.78, 5) is 21.6. The zero-order chi connectivity index (χ0) is 20.4. The highest BCUT2D eigenvalue weighted by molar-refractivity contribution is 7.98. The zero-order valence-corrected chi connectivity index (χ0v) is 17.2. The molecule has 1 amide bonds. The molecule has 0 radical (unpaired) electrons. The van der Waals surface area contributed by atoms with E-state index in [9.17, 15) is 4.79 Å². The summed E-state index contributed by atoms with van der Waals surface area (Å²) in [6.45, 7) is 3.79. The zero-order valence-electron chi connectivity index (χ0n) is 16.3. The number of rotatable bonds is 5. The first-order chi connectivity index (χ1) is 14.0. The van der Waals surface area contributed by atoms with Crippen molar-refractivity contribution in [1.29, 1.82) is 0 Å². The topological polar surface area (TPSA) is 73.0 Å². The number of aromatic nitrogens is 3. The highest BCUT2D eigenvalue weighted by atomic mass is 32.2. The van der Waals surface area contributed by atoms with E-state index < -0.39 is 0 Å². The molecule has 4 aromatic rings. The Kier molecular flexibility index (Phi) is 5.22. The fourth-order valence-corrected chi connectivity index (χ4v) is 3.49. The third-order valence-electron chi connectivity index (χ3n) is 4.57. The molecule has 0 aliphatic carbocycles. The van der Waals surface area contributed by atoms with E-state index in [0.29, 0.717) is 17.1 Å². The van der Waals surface area contributed by atoms with Gasteiger partial charge in [-0.3, -0.25) is 9.36 Å². The van der Waals surface area contributed by atoms with Crippen LogP contribution in [0.1, 0.15) is 21.8 Å². The molecule has 2 heterocycles. The second-order valence-electron chi connectivity index (χ2n) is 6.53. The van der Waals surface area contributed by atoms with Gasteiger partial charge in [0.05, 0.1) is 5.69 Å². The Labute approximate surface area is 173 Å². The van der Waals surface area contributed by atoms with Gasteiger partial charge in [-0.05, 0) is 56.5 Å². The maximum Gasteiger partial charge on any atom is 0.255 e. The number of aryl methyl sites for hydroxylation is 2. The summed E-state index contributed by atoms with van der Waals surface area (Å²) >= 11 is 1.55. The molecular weight excluding hydrogens is 384 g/mol. The van der Waals surface area contributed by atoms with Gasteiger partial charge in [0.25, 0.3) is 5.91 Å². The molecule has 146 valence electrons. The number of hydrogen-bond donors (Lipinski definition) is 1. The van der Waals surface area contributed by atoms with Crippen LogP contribution in [0.4, 0.5) is 5.69 Å². The van der Waals surface area contributed by atoms with Crippen LogP contribution in [-0.2, 0) is 0 Å². The lowest BCUT2D eigenvalue weighted by Crippen LogP contribution is -2.12. The van der Waals surface area contributed by atoms with Crippen molar-refractivity contribution in [3.63, 3.8) is 0 Å². The highest BCUT2D eigenvalue weighted by Gasteiger charge is 2.12. The third kappa shape index (κ3) is 3.95. The van der Waals surface area contributed by atoms with Crippen LogP contribution in [0.15, 0.2) is 70.5 Å². The van der Waals surface area contributed by atoms with E-state index in [2.05, 4.69) is 15.3 Å². The van der Waals surface area contributed by atoms with Gasteiger partial charge in [0.15, 0.2) is 5.16 Å². The van der Waals surface area contributed by atoms with Crippen molar-refractivity contribution in [1.82, 2.24) is 14.5 Å². The number of amides is 1. The van der Waals surface area contributed by atoms with Crippen LogP contribution in [0, 0.1) is 13.8 Å². The number of imidazole rings is 1. The number of benzene rings is 2. The second kappa shape index (κ2) is 7.97. The van der Waals surface area contributed by atoms with Crippen molar-refractivity contribution in [2.75, 3.05) is 11.6 Å².